The van der Waals surface area contributed by atoms with Gasteiger partial charge in [0.15, 0.2) is 11.5 Å². The Hall–Kier alpha value is -4.07. The maximum absolute atomic E-state index is 14.2. The van der Waals surface area contributed by atoms with Crippen LogP contribution in [-0.4, -0.2) is 47.6 Å². The number of nitrogens with one attached hydrogen (secondary N) is 1. The number of ether oxygens (including phenoxy) is 3. The lowest BCUT2D eigenvalue weighted by Crippen LogP contribution is -2.52. The van der Waals surface area contributed by atoms with Gasteiger partial charge in [0, 0.05) is 25.0 Å². The van der Waals surface area contributed by atoms with Crippen LogP contribution in [0.25, 0.3) is 0 Å². The molecule has 8 nitrogen and oxygen atoms in total. The molecule has 1 aliphatic heterocycles. The fourth-order valence-corrected chi connectivity index (χ4v) is 5.12. The summed E-state index contributed by atoms with van der Waals surface area (Å²) in [6.45, 7) is 0.225. The summed E-state index contributed by atoms with van der Waals surface area (Å²) in [6, 6.07) is 17.5. The van der Waals surface area contributed by atoms with Gasteiger partial charge in [0.1, 0.15) is 18.4 Å². The summed E-state index contributed by atoms with van der Waals surface area (Å²) in [4.78, 5) is 34.0. The molecule has 2 aromatic carbocycles. The number of amides is 2. The van der Waals surface area contributed by atoms with Crippen molar-refractivity contribution >= 4 is 11.8 Å². The highest BCUT2D eigenvalue weighted by molar-refractivity contribution is 5.91. The van der Waals surface area contributed by atoms with Gasteiger partial charge in [0.2, 0.25) is 12.0 Å². The molecule has 198 valence electrons. The molecule has 0 saturated heterocycles. The Morgan fingerprint density at radius 3 is 2.63 bits per heavy atom. The number of para-hydroxylation sites is 2. The van der Waals surface area contributed by atoms with E-state index in [0.717, 1.165) is 31.2 Å². The van der Waals surface area contributed by atoms with Crippen molar-refractivity contribution in [1.29, 1.82) is 0 Å². The van der Waals surface area contributed by atoms with Crippen LogP contribution in [0.1, 0.15) is 49.3 Å². The summed E-state index contributed by atoms with van der Waals surface area (Å²) in [5.41, 5.74) is 1.46. The maximum atomic E-state index is 14.2. The van der Waals surface area contributed by atoms with Crippen molar-refractivity contribution in [2.45, 2.75) is 56.8 Å². The fraction of sp³-hybridized carbons (Fsp3) is 0.367. The minimum absolute atomic E-state index is 0.0501. The summed E-state index contributed by atoms with van der Waals surface area (Å²) in [5, 5.41) is 3.23. The number of hydrogen-bond acceptors (Lipinski definition) is 6. The maximum Gasteiger partial charge on any atom is 0.268 e. The molecule has 8 heteroatoms. The third-order valence-corrected chi connectivity index (χ3v) is 7.06. The van der Waals surface area contributed by atoms with Crippen molar-refractivity contribution in [1.82, 2.24) is 15.2 Å². The molecule has 5 rings (SSSR count). The van der Waals surface area contributed by atoms with Crippen molar-refractivity contribution in [2.24, 2.45) is 0 Å². The van der Waals surface area contributed by atoms with E-state index in [4.69, 9.17) is 14.2 Å². The van der Waals surface area contributed by atoms with E-state index < -0.39 is 12.1 Å². The third kappa shape index (κ3) is 5.90. The van der Waals surface area contributed by atoms with E-state index in [1.54, 1.807) is 36.5 Å². The predicted molar refractivity (Wildman–Crippen MR) is 142 cm³/mol. The molecule has 1 N–H and O–H groups in total. The topological polar surface area (TPSA) is 90.0 Å². The van der Waals surface area contributed by atoms with Crippen LogP contribution in [0.15, 0.2) is 73.1 Å². The lowest BCUT2D eigenvalue weighted by molar-refractivity contribution is -0.149. The average molecular weight is 516 g/mol. The molecular formula is C30H33N3O5. The highest BCUT2D eigenvalue weighted by Gasteiger charge is 2.39. The van der Waals surface area contributed by atoms with E-state index in [1.165, 1.54) is 6.42 Å². The largest absolute Gasteiger partial charge is 0.497 e. The average Bonchev–Trinajstić information content (AvgIpc) is 2.97. The van der Waals surface area contributed by atoms with Crippen molar-refractivity contribution in [3.05, 3.63) is 84.2 Å². The summed E-state index contributed by atoms with van der Waals surface area (Å²) >= 11 is 0. The number of rotatable bonds is 8. The van der Waals surface area contributed by atoms with Crippen LogP contribution < -0.4 is 19.5 Å². The van der Waals surface area contributed by atoms with Crippen molar-refractivity contribution < 1.29 is 23.8 Å². The second-order valence-electron chi connectivity index (χ2n) is 9.71. The normalized spacial score (nSPS) is 17.8. The molecule has 2 heterocycles. The first-order chi connectivity index (χ1) is 18.6. The number of benzene rings is 2. The second-order valence-corrected chi connectivity index (χ2v) is 9.71. The molecule has 1 aliphatic carbocycles. The third-order valence-electron chi connectivity index (χ3n) is 7.06. The number of pyridine rings is 1. The molecule has 2 amide bonds. The Kier molecular flexibility index (Phi) is 8.06. The lowest BCUT2D eigenvalue weighted by Gasteiger charge is -2.36. The van der Waals surface area contributed by atoms with Crippen molar-refractivity contribution in [3.8, 4) is 17.2 Å². The zero-order chi connectivity index (χ0) is 26.3. The van der Waals surface area contributed by atoms with Crippen molar-refractivity contribution in [3.63, 3.8) is 0 Å². The van der Waals surface area contributed by atoms with Crippen LogP contribution in [0, 0.1) is 0 Å². The first kappa shape index (κ1) is 25.6. The lowest BCUT2D eigenvalue weighted by atomic mass is 9.94. The Morgan fingerprint density at radius 2 is 1.87 bits per heavy atom. The molecule has 1 fully saturated rings. The molecule has 0 bridgehead atoms. The van der Waals surface area contributed by atoms with E-state index in [-0.39, 0.29) is 31.0 Å². The first-order valence-corrected chi connectivity index (χ1v) is 13.1. The predicted octanol–water partition coefficient (Wildman–Crippen LogP) is 4.45. The molecule has 1 saturated carbocycles. The van der Waals surface area contributed by atoms with E-state index >= 15 is 0 Å². The molecule has 2 atom stereocenters. The van der Waals surface area contributed by atoms with Gasteiger partial charge < -0.3 is 24.4 Å². The number of carbonyl (C=O) groups is 2. The van der Waals surface area contributed by atoms with Crippen LogP contribution in [0.4, 0.5) is 0 Å². The SMILES string of the molecule is COc1cccc([C@@H](C(=O)NC2CCCCC2)N(Cc2cccnc2)C(=O)[C@H]2COc3ccccc3O2)c1. The number of hydrogen-bond donors (Lipinski definition) is 1. The van der Waals surface area contributed by atoms with Gasteiger partial charge in [-0.3, -0.25) is 14.6 Å². The van der Waals surface area contributed by atoms with Crippen LogP contribution >= 0.6 is 0 Å². The summed E-state index contributed by atoms with van der Waals surface area (Å²) in [5.74, 6) is 1.14. The molecule has 3 aromatic rings. The molecule has 0 unspecified atom stereocenters. The zero-order valence-electron chi connectivity index (χ0n) is 21.5. The van der Waals surface area contributed by atoms with Crippen LogP contribution in [0.5, 0.6) is 17.2 Å². The number of aromatic nitrogens is 1. The number of fused-ring (bicyclic) bond motifs is 1. The molecule has 0 radical (unpaired) electrons. The number of carbonyl (C=O) groups excluding carboxylic acids is 2. The van der Waals surface area contributed by atoms with Gasteiger partial charge in [-0.1, -0.05) is 49.6 Å². The molecule has 1 aromatic heterocycles. The van der Waals surface area contributed by atoms with Gasteiger partial charge in [0.05, 0.1) is 7.11 Å². The molecule has 2 aliphatic rings. The highest BCUT2D eigenvalue weighted by Crippen LogP contribution is 2.34. The van der Waals surface area contributed by atoms with Gasteiger partial charge in [0.25, 0.3) is 5.91 Å². The quantitative estimate of drug-likeness (QED) is 0.477. The van der Waals surface area contributed by atoms with E-state index in [9.17, 15) is 9.59 Å². The van der Waals surface area contributed by atoms with E-state index in [1.807, 2.05) is 48.5 Å². The second kappa shape index (κ2) is 12.0. The molecule has 38 heavy (non-hydrogen) atoms. The van der Waals surface area contributed by atoms with Gasteiger partial charge in [-0.05, 0) is 54.3 Å². The fourth-order valence-electron chi connectivity index (χ4n) is 5.12. The summed E-state index contributed by atoms with van der Waals surface area (Å²) in [7, 11) is 1.58. The van der Waals surface area contributed by atoms with Crippen molar-refractivity contribution in [2.75, 3.05) is 13.7 Å². The van der Waals surface area contributed by atoms with Gasteiger partial charge in [-0.25, -0.2) is 0 Å². The number of nitrogens with zero attached hydrogens (tertiary/aromatic N) is 2. The Bertz CT molecular complexity index is 1250. The van der Waals surface area contributed by atoms with E-state index in [0.29, 0.717) is 22.8 Å². The van der Waals surface area contributed by atoms with Crippen LogP contribution in [0.2, 0.25) is 0 Å². The van der Waals surface area contributed by atoms with Gasteiger partial charge >= 0.3 is 0 Å². The Morgan fingerprint density at radius 1 is 1.05 bits per heavy atom. The monoisotopic (exact) mass is 515 g/mol. The van der Waals surface area contributed by atoms with Crippen LogP contribution in [-0.2, 0) is 16.1 Å². The van der Waals surface area contributed by atoms with Crippen LogP contribution in [0.3, 0.4) is 0 Å². The zero-order valence-corrected chi connectivity index (χ0v) is 21.5. The molecule has 0 spiro atoms. The Labute approximate surface area is 222 Å². The van der Waals surface area contributed by atoms with Gasteiger partial charge in [-0.2, -0.15) is 0 Å². The van der Waals surface area contributed by atoms with Gasteiger partial charge in [-0.15, -0.1) is 0 Å². The number of methoxy groups -OCH3 is 1. The van der Waals surface area contributed by atoms with E-state index in [2.05, 4.69) is 10.3 Å². The Balaban J connectivity index is 1.51. The standard InChI is InChI=1S/C30H33N3O5/c1-36-24-13-7-10-22(17-24)28(29(34)32-23-11-3-2-4-12-23)33(19-21-9-8-16-31-18-21)30(35)27-20-37-25-14-5-6-15-26(25)38-27/h5-10,13-18,23,27-28H,2-4,11-12,19-20H2,1H3,(H,32,34)/t27-,28+/m1/s1. The first-order valence-electron chi connectivity index (χ1n) is 13.1. The minimum Gasteiger partial charge on any atom is -0.497 e. The minimum atomic E-state index is -0.905. The highest BCUT2D eigenvalue weighted by atomic mass is 16.6. The molecular weight excluding hydrogens is 482 g/mol. The summed E-state index contributed by atoms with van der Waals surface area (Å²) < 4.78 is 17.4. The summed E-state index contributed by atoms with van der Waals surface area (Å²) in [6.07, 6.45) is 7.69. The smallest absolute Gasteiger partial charge is 0.268 e.